The van der Waals surface area contributed by atoms with Gasteiger partial charge in [0.25, 0.3) is 10.0 Å². The zero-order valence-electron chi connectivity index (χ0n) is 17.0. The SMILES string of the molecule is CCc1nc(COC(=O)/C=C/c2ccc(S(=O)(=O)N3CCc4ccccc43)cc2)cs1. The van der Waals surface area contributed by atoms with Crippen molar-refractivity contribution in [3.8, 4) is 0 Å². The lowest BCUT2D eigenvalue weighted by Crippen LogP contribution is -2.29. The van der Waals surface area contributed by atoms with E-state index in [1.165, 1.54) is 10.4 Å². The number of fused-ring (bicyclic) bond motifs is 1. The Morgan fingerprint density at radius 2 is 1.97 bits per heavy atom. The van der Waals surface area contributed by atoms with Gasteiger partial charge in [0.15, 0.2) is 0 Å². The quantitative estimate of drug-likeness (QED) is 0.395. The number of esters is 1. The van der Waals surface area contributed by atoms with Gasteiger partial charge >= 0.3 is 5.97 Å². The summed E-state index contributed by atoms with van der Waals surface area (Å²) in [6.45, 7) is 2.60. The van der Waals surface area contributed by atoms with Crippen molar-refractivity contribution in [1.29, 1.82) is 0 Å². The second-order valence-corrected chi connectivity index (χ2v) is 9.86. The molecular formula is C23H22N2O4S2. The number of thiazole rings is 1. The molecule has 6 nitrogen and oxygen atoms in total. The Morgan fingerprint density at radius 1 is 1.19 bits per heavy atom. The normalized spacial score (nSPS) is 13.5. The summed E-state index contributed by atoms with van der Waals surface area (Å²) in [6.07, 6.45) is 4.49. The Bertz CT molecular complexity index is 1210. The molecule has 2 heterocycles. The monoisotopic (exact) mass is 454 g/mol. The molecule has 4 rings (SSSR count). The van der Waals surface area contributed by atoms with Crippen LogP contribution in [0.1, 0.15) is 28.8 Å². The van der Waals surface area contributed by atoms with Crippen LogP contribution in [-0.2, 0) is 39.0 Å². The van der Waals surface area contributed by atoms with E-state index in [-0.39, 0.29) is 11.5 Å². The lowest BCUT2D eigenvalue weighted by molar-refractivity contribution is -0.139. The predicted molar refractivity (Wildman–Crippen MR) is 121 cm³/mol. The first-order valence-corrected chi connectivity index (χ1v) is 12.3. The number of hydrogen-bond donors (Lipinski definition) is 0. The average molecular weight is 455 g/mol. The second-order valence-electron chi connectivity index (χ2n) is 7.05. The fourth-order valence-corrected chi connectivity index (χ4v) is 5.60. The average Bonchev–Trinajstić information content (AvgIpc) is 3.43. The van der Waals surface area contributed by atoms with Crippen LogP contribution in [0.3, 0.4) is 0 Å². The smallest absolute Gasteiger partial charge is 0.331 e. The summed E-state index contributed by atoms with van der Waals surface area (Å²) < 4.78 is 32.7. The molecule has 0 aliphatic carbocycles. The molecule has 0 atom stereocenters. The molecule has 2 aromatic carbocycles. The van der Waals surface area contributed by atoms with Crippen LogP contribution in [0.4, 0.5) is 5.69 Å². The molecule has 0 bridgehead atoms. The molecule has 1 aliphatic rings. The summed E-state index contributed by atoms with van der Waals surface area (Å²) >= 11 is 1.55. The van der Waals surface area contributed by atoms with Crippen molar-refractivity contribution in [1.82, 2.24) is 4.98 Å². The number of rotatable bonds is 7. The summed E-state index contributed by atoms with van der Waals surface area (Å²) in [4.78, 5) is 16.5. The number of aromatic nitrogens is 1. The van der Waals surface area contributed by atoms with Crippen LogP contribution >= 0.6 is 11.3 Å². The van der Waals surface area contributed by atoms with Gasteiger partial charge in [0.05, 0.1) is 21.3 Å². The first-order valence-electron chi connectivity index (χ1n) is 9.96. The molecule has 0 radical (unpaired) electrons. The molecule has 0 spiro atoms. The Kier molecular flexibility index (Phi) is 6.20. The third-order valence-corrected chi connectivity index (χ3v) is 7.86. The molecule has 0 fully saturated rings. The Labute approximate surface area is 185 Å². The van der Waals surface area contributed by atoms with E-state index < -0.39 is 16.0 Å². The number of para-hydroxylation sites is 1. The number of benzene rings is 2. The number of hydrogen-bond acceptors (Lipinski definition) is 6. The number of carbonyl (C=O) groups excluding carboxylic acids is 1. The van der Waals surface area contributed by atoms with Crippen LogP contribution in [0.5, 0.6) is 0 Å². The largest absolute Gasteiger partial charge is 0.456 e. The number of nitrogens with zero attached hydrogens (tertiary/aromatic N) is 2. The van der Waals surface area contributed by atoms with Gasteiger partial charge in [-0.3, -0.25) is 4.31 Å². The van der Waals surface area contributed by atoms with E-state index in [0.717, 1.165) is 28.4 Å². The van der Waals surface area contributed by atoms with Gasteiger partial charge in [0.1, 0.15) is 6.61 Å². The van der Waals surface area contributed by atoms with E-state index in [1.807, 2.05) is 36.6 Å². The molecule has 0 saturated heterocycles. The van der Waals surface area contributed by atoms with Crippen molar-refractivity contribution in [3.63, 3.8) is 0 Å². The highest BCUT2D eigenvalue weighted by molar-refractivity contribution is 7.92. The topological polar surface area (TPSA) is 76.6 Å². The van der Waals surface area contributed by atoms with Crippen molar-refractivity contribution < 1.29 is 17.9 Å². The summed E-state index contributed by atoms with van der Waals surface area (Å²) in [5.74, 6) is -0.476. The van der Waals surface area contributed by atoms with Gasteiger partial charge in [-0.25, -0.2) is 18.2 Å². The van der Waals surface area contributed by atoms with Gasteiger partial charge in [-0.15, -0.1) is 11.3 Å². The second kappa shape index (κ2) is 9.03. The van der Waals surface area contributed by atoms with E-state index in [4.69, 9.17) is 4.74 Å². The van der Waals surface area contributed by atoms with Crippen molar-refractivity contribution >= 4 is 39.1 Å². The van der Waals surface area contributed by atoms with E-state index in [2.05, 4.69) is 4.98 Å². The van der Waals surface area contributed by atoms with Crippen LogP contribution in [0.2, 0.25) is 0 Å². The molecule has 8 heteroatoms. The molecule has 1 aromatic heterocycles. The van der Waals surface area contributed by atoms with Crippen LogP contribution < -0.4 is 4.31 Å². The molecule has 31 heavy (non-hydrogen) atoms. The minimum absolute atomic E-state index is 0.133. The van der Waals surface area contributed by atoms with Gasteiger partial charge in [0, 0.05) is 18.0 Å². The lowest BCUT2D eigenvalue weighted by atomic mass is 10.2. The lowest BCUT2D eigenvalue weighted by Gasteiger charge is -2.19. The summed E-state index contributed by atoms with van der Waals surface area (Å²) in [7, 11) is -3.63. The number of carbonyl (C=O) groups is 1. The third kappa shape index (κ3) is 4.70. The van der Waals surface area contributed by atoms with Crippen LogP contribution in [0, 0.1) is 0 Å². The van der Waals surface area contributed by atoms with E-state index in [0.29, 0.717) is 18.5 Å². The first kappa shape index (κ1) is 21.3. The highest BCUT2D eigenvalue weighted by Crippen LogP contribution is 2.32. The number of ether oxygens (including phenoxy) is 1. The molecule has 0 amide bonds. The zero-order valence-corrected chi connectivity index (χ0v) is 18.7. The van der Waals surface area contributed by atoms with E-state index >= 15 is 0 Å². The van der Waals surface area contributed by atoms with Gasteiger partial charge in [0.2, 0.25) is 0 Å². The molecule has 1 aliphatic heterocycles. The summed E-state index contributed by atoms with van der Waals surface area (Å²) in [6, 6.07) is 14.0. The zero-order chi connectivity index (χ0) is 21.8. The molecule has 0 N–H and O–H groups in total. The van der Waals surface area contributed by atoms with Crippen LogP contribution in [0.15, 0.2) is 64.9 Å². The minimum Gasteiger partial charge on any atom is -0.456 e. The Balaban J connectivity index is 1.39. The maximum absolute atomic E-state index is 13.0. The maximum Gasteiger partial charge on any atom is 0.331 e. The summed E-state index contributed by atoms with van der Waals surface area (Å²) in [5.41, 5.74) is 3.22. The standard InChI is InChI=1S/C23H22N2O4S2/c1-2-22-24-19(16-30-22)15-29-23(26)12-9-17-7-10-20(11-8-17)31(27,28)25-14-13-18-5-3-4-6-21(18)25/h3-12,16H,2,13-15H2,1H3/b12-9+. The van der Waals surface area contributed by atoms with Crippen LogP contribution in [-0.4, -0.2) is 25.9 Å². The molecule has 3 aromatic rings. The third-order valence-electron chi connectivity index (χ3n) is 4.99. The van der Waals surface area contributed by atoms with Crippen molar-refractivity contribution in [2.24, 2.45) is 0 Å². The molecule has 160 valence electrons. The Morgan fingerprint density at radius 3 is 2.71 bits per heavy atom. The van der Waals surface area contributed by atoms with Crippen molar-refractivity contribution in [2.75, 3.05) is 10.8 Å². The van der Waals surface area contributed by atoms with E-state index in [1.54, 1.807) is 41.7 Å². The van der Waals surface area contributed by atoms with Gasteiger partial charge in [-0.1, -0.05) is 37.3 Å². The van der Waals surface area contributed by atoms with Gasteiger partial charge in [-0.05, 0) is 48.2 Å². The highest BCUT2D eigenvalue weighted by atomic mass is 32.2. The fraction of sp³-hybridized carbons (Fsp3) is 0.217. The van der Waals surface area contributed by atoms with Gasteiger partial charge in [-0.2, -0.15) is 0 Å². The molecular weight excluding hydrogens is 432 g/mol. The molecule has 0 saturated carbocycles. The number of anilines is 1. The van der Waals surface area contributed by atoms with Crippen molar-refractivity contribution in [2.45, 2.75) is 31.3 Å². The van der Waals surface area contributed by atoms with Crippen molar-refractivity contribution in [3.05, 3.63) is 81.8 Å². The minimum atomic E-state index is -3.63. The summed E-state index contributed by atoms with van der Waals surface area (Å²) in [5, 5.41) is 2.89. The number of aryl methyl sites for hydroxylation is 1. The van der Waals surface area contributed by atoms with E-state index in [9.17, 15) is 13.2 Å². The maximum atomic E-state index is 13.0. The van der Waals surface area contributed by atoms with Crippen LogP contribution in [0.25, 0.3) is 6.08 Å². The fourth-order valence-electron chi connectivity index (χ4n) is 3.37. The first-order chi connectivity index (χ1) is 15.0. The highest BCUT2D eigenvalue weighted by Gasteiger charge is 2.30. The number of sulfonamides is 1. The Hall–Kier alpha value is -2.97. The predicted octanol–water partition coefficient (Wildman–Crippen LogP) is 4.21. The molecule has 0 unspecified atom stereocenters. The van der Waals surface area contributed by atoms with Gasteiger partial charge < -0.3 is 4.74 Å².